The van der Waals surface area contributed by atoms with Crippen molar-refractivity contribution in [3.63, 3.8) is 0 Å². The van der Waals surface area contributed by atoms with Crippen molar-refractivity contribution < 1.29 is 45.8 Å². The summed E-state index contributed by atoms with van der Waals surface area (Å²) in [7, 11) is 0. The number of benzene rings is 1. The van der Waals surface area contributed by atoms with Gasteiger partial charge in [-0.1, -0.05) is 25.5 Å². The highest BCUT2D eigenvalue weighted by molar-refractivity contribution is 6.13. The lowest BCUT2D eigenvalue weighted by molar-refractivity contribution is -0.137. The van der Waals surface area contributed by atoms with Crippen LogP contribution in [-0.2, 0) is 17.8 Å². The monoisotopic (exact) mass is 588 g/mol. The average molecular weight is 589 g/mol. The molecule has 3 rings (SSSR count). The second kappa shape index (κ2) is 13.2. The van der Waals surface area contributed by atoms with E-state index in [0.29, 0.717) is 28.4 Å². The summed E-state index contributed by atoms with van der Waals surface area (Å²) in [6, 6.07) is 5.10. The van der Waals surface area contributed by atoms with Gasteiger partial charge in [-0.15, -0.1) is 0 Å². The summed E-state index contributed by atoms with van der Waals surface area (Å²) in [5.74, 6) is -1.37. The van der Waals surface area contributed by atoms with Gasteiger partial charge in [0.2, 0.25) is 0 Å². The Morgan fingerprint density at radius 2 is 1.51 bits per heavy atom. The van der Waals surface area contributed by atoms with E-state index in [4.69, 9.17) is 5.11 Å². The third-order valence-electron chi connectivity index (χ3n) is 6.45. The third kappa shape index (κ3) is 8.82. The van der Waals surface area contributed by atoms with Gasteiger partial charge in [0.1, 0.15) is 11.5 Å². The molecule has 224 valence electrons. The second-order valence-corrected chi connectivity index (χ2v) is 9.65. The first kappa shape index (κ1) is 31.7. The van der Waals surface area contributed by atoms with Crippen LogP contribution in [0.1, 0.15) is 72.9 Å². The van der Waals surface area contributed by atoms with Crippen molar-refractivity contribution >= 4 is 24.0 Å². The number of alkyl halides is 6. The first-order valence-electron chi connectivity index (χ1n) is 13.1. The van der Waals surface area contributed by atoms with Crippen molar-refractivity contribution in [3.8, 4) is 0 Å². The first-order valence-corrected chi connectivity index (χ1v) is 13.1. The number of carboxylic acid groups (broad SMARTS) is 1. The number of carbonyl (C=O) groups excluding carboxylic acids is 2. The zero-order valence-electron chi connectivity index (χ0n) is 22.3. The number of carbonyl (C=O) groups is 3. The lowest BCUT2D eigenvalue weighted by Gasteiger charge is -2.18. The smallest absolute Gasteiger partial charge is 0.389 e. The number of halogens is 6. The highest BCUT2D eigenvalue weighted by Crippen LogP contribution is 2.29. The number of aromatic carboxylic acids is 1. The molecule has 2 aromatic rings. The number of nitrogens with zero attached hydrogens (tertiary/aromatic N) is 4. The summed E-state index contributed by atoms with van der Waals surface area (Å²) in [6.07, 6.45) is -7.55. The molecule has 0 atom stereocenters. The molecule has 3 amide bonds. The maximum Gasteiger partial charge on any atom is 0.389 e. The number of aryl methyl sites for hydroxylation is 1. The van der Waals surface area contributed by atoms with E-state index >= 15 is 0 Å². The molecule has 2 heterocycles. The number of aromatic nitrogens is 2. The first-order chi connectivity index (χ1) is 19.2. The van der Waals surface area contributed by atoms with Gasteiger partial charge in [-0.2, -0.15) is 26.3 Å². The molecule has 0 bridgehead atoms. The summed E-state index contributed by atoms with van der Waals surface area (Å²) in [4.78, 5) is 43.3. The third-order valence-corrected chi connectivity index (χ3v) is 6.45. The van der Waals surface area contributed by atoms with Crippen molar-refractivity contribution in [2.24, 2.45) is 0 Å². The van der Waals surface area contributed by atoms with Crippen LogP contribution < -0.4 is 0 Å². The number of urea groups is 1. The molecular formula is C27H30F6N4O4. The molecule has 1 fully saturated rings. The van der Waals surface area contributed by atoms with Gasteiger partial charge in [0.05, 0.1) is 17.5 Å². The minimum atomic E-state index is -4.50. The van der Waals surface area contributed by atoms with Crippen molar-refractivity contribution in [1.82, 2.24) is 19.4 Å². The predicted molar refractivity (Wildman–Crippen MR) is 136 cm³/mol. The SMILES string of the molecule is CCCCc1ncc(/C=C2\C(=O)N(CCCC(F)(F)F)C(=O)N2CCCC(F)(F)F)n1Cc1ccc(C(=O)O)cc1. The molecule has 14 heteroatoms. The van der Waals surface area contributed by atoms with Gasteiger partial charge >= 0.3 is 24.4 Å². The van der Waals surface area contributed by atoms with E-state index in [9.17, 15) is 40.7 Å². The Bertz CT molecular complexity index is 1270. The molecule has 1 aromatic heterocycles. The van der Waals surface area contributed by atoms with Crippen LogP contribution in [0.15, 0.2) is 36.2 Å². The summed E-state index contributed by atoms with van der Waals surface area (Å²) in [6.45, 7) is 1.19. The Labute approximate surface area is 232 Å². The predicted octanol–water partition coefficient (Wildman–Crippen LogP) is 6.26. The van der Waals surface area contributed by atoms with E-state index < -0.39 is 69.0 Å². The van der Waals surface area contributed by atoms with E-state index in [-0.39, 0.29) is 17.8 Å². The van der Waals surface area contributed by atoms with E-state index in [1.165, 1.54) is 24.4 Å². The fourth-order valence-corrected chi connectivity index (χ4v) is 4.35. The zero-order chi connectivity index (χ0) is 30.4. The zero-order valence-corrected chi connectivity index (χ0v) is 22.3. The Morgan fingerprint density at radius 1 is 0.927 bits per heavy atom. The van der Waals surface area contributed by atoms with E-state index in [0.717, 1.165) is 17.7 Å². The summed E-state index contributed by atoms with van der Waals surface area (Å²) >= 11 is 0. The number of imidazole rings is 1. The van der Waals surface area contributed by atoms with Gasteiger partial charge in [0, 0.05) is 38.9 Å². The number of imide groups is 1. The lowest BCUT2D eigenvalue weighted by Crippen LogP contribution is -2.34. The molecule has 1 saturated heterocycles. The normalized spacial score (nSPS) is 15.4. The second-order valence-electron chi connectivity index (χ2n) is 9.65. The molecule has 0 spiro atoms. The van der Waals surface area contributed by atoms with Crippen LogP contribution in [-0.4, -0.2) is 67.8 Å². The van der Waals surface area contributed by atoms with Crippen LogP contribution in [0.2, 0.25) is 0 Å². The molecular weight excluding hydrogens is 558 g/mol. The molecule has 0 radical (unpaired) electrons. The largest absolute Gasteiger partial charge is 0.478 e. The number of carboxylic acids is 1. The Morgan fingerprint density at radius 3 is 2.05 bits per heavy atom. The number of hydrogen-bond donors (Lipinski definition) is 1. The molecule has 41 heavy (non-hydrogen) atoms. The fourth-order valence-electron chi connectivity index (χ4n) is 4.35. The standard InChI is InChI=1S/C27H30F6N4O4/c1-2-3-6-22-34-16-20(37(22)17-18-7-9-19(10-8-18)24(39)40)15-21-23(38)36(14-5-12-27(31,32)33)25(41)35(21)13-4-11-26(28,29)30/h7-10,15-16H,2-6,11-14,17H2,1H3,(H,39,40)/b21-15+. The summed E-state index contributed by atoms with van der Waals surface area (Å²) in [5, 5.41) is 9.16. The number of hydrogen-bond acceptors (Lipinski definition) is 4. The molecule has 1 aliphatic heterocycles. The van der Waals surface area contributed by atoms with Crippen molar-refractivity contribution in [1.29, 1.82) is 0 Å². The Hall–Kier alpha value is -3.84. The number of amides is 3. The van der Waals surface area contributed by atoms with Gasteiger partial charge in [-0.25, -0.2) is 14.6 Å². The molecule has 1 aliphatic rings. The van der Waals surface area contributed by atoms with Crippen molar-refractivity contribution in [2.75, 3.05) is 13.1 Å². The average Bonchev–Trinajstić information content (AvgIpc) is 3.35. The molecule has 0 saturated carbocycles. The van der Waals surface area contributed by atoms with Crippen LogP contribution in [0.5, 0.6) is 0 Å². The highest BCUT2D eigenvalue weighted by atomic mass is 19.4. The molecule has 8 nitrogen and oxygen atoms in total. The van der Waals surface area contributed by atoms with Crippen LogP contribution >= 0.6 is 0 Å². The summed E-state index contributed by atoms with van der Waals surface area (Å²) in [5.41, 5.74) is 0.888. The molecule has 0 unspecified atom stereocenters. The van der Waals surface area contributed by atoms with Gasteiger partial charge in [0.25, 0.3) is 5.91 Å². The Kier molecular flexibility index (Phi) is 10.2. The topological polar surface area (TPSA) is 95.7 Å². The molecule has 1 N–H and O–H groups in total. The highest BCUT2D eigenvalue weighted by Gasteiger charge is 2.41. The van der Waals surface area contributed by atoms with Crippen LogP contribution in [0.4, 0.5) is 31.1 Å². The maximum absolute atomic E-state index is 13.2. The van der Waals surface area contributed by atoms with Gasteiger partial charge < -0.3 is 9.67 Å². The van der Waals surface area contributed by atoms with Crippen LogP contribution in [0.3, 0.4) is 0 Å². The van der Waals surface area contributed by atoms with Gasteiger partial charge in [0.15, 0.2) is 0 Å². The lowest BCUT2D eigenvalue weighted by atomic mass is 10.1. The van der Waals surface area contributed by atoms with Crippen LogP contribution in [0, 0.1) is 0 Å². The number of rotatable bonds is 13. The fraction of sp³-hybridized carbons (Fsp3) is 0.481. The minimum Gasteiger partial charge on any atom is -0.478 e. The quantitative estimate of drug-likeness (QED) is 0.169. The molecule has 0 aliphatic carbocycles. The summed E-state index contributed by atoms with van der Waals surface area (Å²) < 4.78 is 78.1. The minimum absolute atomic E-state index is 0.0862. The van der Waals surface area contributed by atoms with E-state index in [1.807, 2.05) is 6.92 Å². The number of unbranched alkanes of at least 4 members (excludes halogenated alkanes) is 1. The van der Waals surface area contributed by atoms with Gasteiger partial charge in [-0.3, -0.25) is 14.6 Å². The molecule has 1 aromatic carbocycles. The Balaban J connectivity index is 1.96. The van der Waals surface area contributed by atoms with Crippen LogP contribution in [0.25, 0.3) is 6.08 Å². The maximum atomic E-state index is 13.2. The van der Waals surface area contributed by atoms with Crippen molar-refractivity contribution in [2.45, 2.75) is 70.8 Å². The van der Waals surface area contributed by atoms with Crippen molar-refractivity contribution in [3.05, 3.63) is 58.8 Å². The van der Waals surface area contributed by atoms with E-state index in [2.05, 4.69) is 4.98 Å². The van der Waals surface area contributed by atoms with E-state index in [1.54, 1.807) is 16.7 Å². The van der Waals surface area contributed by atoms with Gasteiger partial charge in [-0.05, 0) is 43.0 Å².